The first-order valence-corrected chi connectivity index (χ1v) is 8.51. The molecule has 3 aromatic rings. The van der Waals surface area contributed by atoms with Crippen LogP contribution in [0, 0.1) is 11.8 Å². The van der Waals surface area contributed by atoms with E-state index in [9.17, 15) is 9.59 Å². The summed E-state index contributed by atoms with van der Waals surface area (Å²) in [6.45, 7) is 5.97. The van der Waals surface area contributed by atoms with Crippen molar-refractivity contribution in [1.82, 2.24) is 15.1 Å². The summed E-state index contributed by atoms with van der Waals surface area (Å²) in [5, 5.41) is 9.18. The van der Waals surface area contributed by atoms with Gasteiger partial charge in [0, 0.05) is 28.9 Å². The summed E-state index contributed by atoms with van der Waals surface area (Å²) in [5.41, 5.74) is 0.936. The van der Waals surface area contributed by atoms with E-state index in [1.54, 1.807) is 30.3 Å². The molecule has 2 amide bonds. The topological polar surface area (TPSA) is 113 Å². The Morgan fingerprint density at radius 3 is 2.71 bits per heavy atom. The van der Waals surface area contributed by atoms with Crippen LogP contribution in [-0.4, -0.2) is 21.2 Å². The number of H-pyrrole nitrogens is 1. The lowest BCUT2D eigenvalue weighted by Gasteiger charge is -2.12. The van der Waals surface area contributed by atoms with Crippen molar-refractivity contribution in [1.29, 1.82) is 0 Å². The highest BCUT2D eigenvalue weighted by Crippen LogP contribution is 2.24. The number of anilines is 2. The summed E-state index contributed by atoms with van der Waals surface area (Å²) in [6, 6.07) is 8.18. The van der Waals surface area contributed by atoms with Crippen molar-refractivity contribution in [3.05, 3.63) is 70.1 Å². The van der Waals surface area contributed by atoms with Crippen molar-refractivity contribution in [2.45, 2.75) is 26.2 Å². The molecule has 0 unspecified atom stereocenters. The second-order valence-electron chi connectivity index (χ2n) is 7.03. The smallest absolute Gasteiger partial charge is 0.324 e. The van der Waals surface area contributed by atoms with Gasteiger partial charge in [-0.1, -0.05) is 43.8 Å². The van der Waals surface area contributed by atoms with Crippen molar-refractivity contribution >= 4 is 17.5 Å². The van der Waals surface area contributed by atoms with Crippen LogP contribution >= 0.6 is 0 Å². The molecule has 0 aliphatic heterocycles. The number of nitrogens with one attached hydrogen (secondary N) is 3. The molecule has 0 saturated carbocycles. The Morgan fingerprint density at radius 2 is 2.00 bits per heavy atom. The van der Waals surface area contributed by atoms with E-state index in [0.717, 1.165) is 0 Å². The molecule has 0 aliphatic carbocycles. The van der Waals surface area contributed by atoms with Crippen molar-refractivity contribution in [2.75, 3.05) is 10.6 Å². The van der Waals surface area contributed by atoms with Crippen molar-refractivity contribution < 1.29 is 9.32 Å². The van der Waals surface area contributed by atoms with Gasteiger partial charge in [0.05, 0.1) is 6.33 Å². The van der Waals surface area contributed by atoms with Crippen molar-refractivity contribution in [3.8, 4) is 11.8 Å². The lowest BCUT2D eigenvalue weighted by atomic mass is 9.93. The van der Waals surface area contributed by atoms with E-state index in [2.05, 4.69) is 37.6 Å². The third-order valence-corrected chi connectivity index (χ3v) is 3.67. The van der Waals surface area contributed by atoms with Crippen LogP contribution in [0.1, 0.15) is 37.7 Å². The molecule has 3 rings (SSSR count). The second-order valence-corrected chi connectivity index (χ2v) is 7.03. The summed E-state index contributed by atoms with van der Waals surface area (Å²) in [7, 11) is 0. The van der Waals surface area contributed by atoms with Crippen LogP contribution in [0.5, 0.6) is 0 Å². The van der Waals surface area contributed by atoms with Crippen molar-refractivity contribution in [3.63, 3.8) is 0 Å². The maximum absolute atomic E-state index is 12.2. The lowest BCUT2D eigenvalue weighted by Crippen LogP contribution is -2.19. The maximum Gasteiger partial charge on any atom is 0.324 e. The number of aromatic nitrogens is 3. The zero-order chi connectivity index (χ0) is 20.1. The number of nitrogens with zero attached hydrogens (tertiary/aromatic N) is 2. The molecule has 28 heavy (non-hydrogen) atoms. The van der Waals surface area contributed by atoms with Crippen LogP contribution in [-0.2, 0) is 5.41 Å². The fourth-order valence-corrected chi connectivity index (χ4v) is 2.21. The normalized spacial score (nSPS) is 10.7. The molecule has 0 fully saturated rings. The first-order valence-electron chi connectivity index (χ1n) is 8.51. The molecule has 2 aromatic heterocycles. The first-order chi connectivity index (χ1) is 13.3. The summed E-state index contributed by atoms with van der Waals surface area (Å²) in [4.78, 5) is 30.1. The number of amides is 2. The Kier molecular flexibility index (Phi) is 5.27. The molecule has 0 radical (unpaired) electrons. The van der Waals surface area contributed by atoms with Crippen LogP contribution < -0.4 is 16.2 Å². The monoisotopic (exact) mass is 377 g/mol. The number of carbonyl (C=O) groups excluding carboxylic acids is 1. The predicted octanol–water partition coefficient (Wildman–Crippen LogP) is 3.10. The van der Waals surface area contributed by atoms with Gasteiger partial charge >= 0.3 is 6.03 Å². The van der Waals surface area contributed by atoms with Crippen LogP contribution in [0.2, 0.25) is 0 Å². The summed E-state index contributed by atoms with van der Waals surface area (Å²) < 4.78 is 5.24. The molecule has 0 atom stereocenters. The third kappa shape index (κ3) is 4.86. The van der Waals surface area contributed by atoms with Gasteiger partial charge in [0.25, 0.3) is 5.56 Å². The van der Waals surface area contributed by atoms with Gasteiger partial charge in [0.2, 0.25) is 0 Å². The molecule has 0 spiro atoms. The molecule has 0 aliphatic rings. The molecule has 8 heteroatoms. The minimum Gasteiger partial charge on any atom is -0.359 e. The molecule has 3 N–H and O–H groups in total. The van der Waals surface area contributed by atoms with Crippen LogP contribution in [0.4, 0.5) is 16.3 Å². The third-order valence-electron chi connectivity index (χ3n) is 3.67. The van der Waals surface area contributed by atoms with Gasteiger partial charge < -0.3 is 14.8 Å². The summed E-state index contributed by atoms with van der Waals surface area (Å²) in [5.74, 6) is 6.64. The fourth-order valence-electron chi connectivity index (χ4n) is 2.21. The number of aromatic amines is 1. The van der Waals surface area contributed by atoms with E-state index in [1.807, 2.05) is 20.8 Å². The SMILES string of the molecule is CC(C)(C)c1cc(NC(=O)Nc2cccc(C#Cc3cnc[nH]c3=O)c2)no1. The maximum atomic E-state index is 12.2. The van der Waals surface area contributed by atoms with Crippen LogP contribution in [0.3, 0.4) is 0 Å². The van der Waals surface area contributed by atoms with Crippen LogP contribution in [0.25, 0.3) is 0 Å². The van der Waals surface area contributed by atoms with Gasteiger partial charge in [-0.3, -0.25) is 10.1 Å². The summed E-state index contributed by atoms with van der Waals surface area (Å²) >= 11 is 0. The number of benzene rings is 1. The molecule has 1 aromatic carbocycles. The highest BCUT2D eigenvalue weighted by molar-refractivity contribution is 5.99. The highest BCUT2D eigenvalue weighted by Gasteiger charge is 2.20. The number of carbonyl (C=O) groups is 1. The van der Waals surface area contributed by atoms with Gasteiger partial charge in [-0.05, 0) is 18.2 Å². The Bertz CT molecular complexity index is 1110. The molecular formula is C20H19N5O3. The van der Waals surface area contributed by atoms with E-state index in [1.165, 1.54) is 12.5 Å². The molecule has 0 bridgehead atoms. The van der Waals surface area contributed by atoms with Gasteiger partial charge in [0.1, 0.15) is 11.3 Å². The van der Waals surface area contributed by atoms with Crippen LogP contribution in [0.15, 0.2) is 52.2 Å². The standard InChI is InChI=1S/C20H19N5O3/c1-20(2,3)16-10-17(25-28-16)24-19(27)23-15-6-4-5-13(9-15)7-8-14-11-21-12-22-18(14)26/h4-6,9-12H,1-3H3,(H,21,22,26)(H2,23,24,25,27). The molecule has 8 nitrogen and oxygen atoms in total. The van der Waals surface area contributed by atoms with Gasteiger partial charge in [-0.15, -0.1) is 0 Å². The number of hydrogen-bond donors (Lipinski definition) is 3. The number of rotatable bonds is 2. The van der Waals surface area contributed by atoms with Crippen molar-refractivity contribution in [2.24, 2.45) is 0 Å². The average molecular weight is 377 g/mol. The number of urea groups is 1. The van der Waals surface area contributed by atoms with E-state index in [4.69, 9.17) is 4.52 Å². The van der Waals surface area contributed by atoms with E-state index >= 15 is 0 Å². The Balaban J connectivity index is 1.68. The molecule has 2 heterocycles. The molecule has 142 valence electrons. The summed E-state index contributed by atoms with van der Waals surface area (Å²) in [6.07, 6.45) is 2.70. The molecular weight excluding hydrogens is 358 g/mol. The highest BCUT2D eigenvalue weighted by atomic mass is 16.5. The van der Waals surface area contributed by atoms with E-state index < -0.39 is 6.03 Å². The minimum absolute atomic E-state index is 0.202. The predicted molar refractivity (Wildman–Crippen MR) is 105 cm³/mol. The second kappa shape index (κ2) is 7.80. The molecule has 0 saturated heterocycles. The average Bonchev–Trinajstić information content (AvgIpc) is 3.10. The van der Waals surface area contributed by atoms with Gasteiger partial charge in [-0.2, -0.15) is 0 Å². The fraction of sp³-hybridized carbons (Fsp3) is 0.200. The minimum atomic E-state index is -0.456. The Morgan fingerprint density at radius 1 is 1.18 bits per heavy atom. The van der Waals surface area contributed by atoms with E-state index in [-0.39, 0.29) is 16.5 Å². The Labute approximate surface area is 161 Å². The zero-order valence-electron chi connectivity index (χ0n) is 15.7. The van der Waals surface area contributed by atoms with E-state index in [0.29, 0.717) is 22.8 Å². The quantitative estimate of drug-likeness (QED) is 0.594. The first kappa shape index (κ1) is 18.9. The zero-order valence-corrected chi connectivity index (χ0v) is 15.7. The van der Waals surface area contributed by atoms with Gasteiger partial charge in [-0.25, -0.2) is 9.78 Å². The number of hydrogen-bond acceptors (Lipinski definition) is 5. The Hall–Kier alpha value is -3.86. The van der Waals surface area contributed by atoms with Gasteiger partial charge in [0.15, 0.2) is 5.82 Å². The largest absolute Gasteiger partial charge is 0.359 e. The lowest BCUT2D eigenvalue weighted by molar-refractivity contribution is 0.262.